The summed E-state index contributed by atoms with van der Waals surface area (Å²) in [6.45, 7) is 2.83. The van der Waals surface area contributed by atoms with Crippen molar-refractivity contribution in [3.8, 4) is 0 Å². The Balaban J connectivity index is 1.64. The Morgan fingerprint density at radius 2 is 1.84 bits per heavy atom. The van der Waals surface area contributed by atoms with Crippen LogP contribution in [-0.4, -0.2) is 30.2 Å². The minimum absolute atomic E-state index is 0.0638. The van der Waals surface area contributed by atoms with E-state index in [2.05, 4.69) is 41.9 Å². The van der Waals surface area contributed by atoms with Gasteiger partial charge in [0.15, 0.2) is 5.11 Å². The molecule has 1 unspecified atom stereocenters. The van der Waals surface area contributed by atoms with Crippen LogP contribution in [-0.2, 0) is 6.54 Å². The van der Waals surface area contributed by atoms with Crippen molar-refractivity contribution in [3.63, 3.8) is 0 Å². The fraction of sp³-hybridized carbons (Fsp3) is 0.278. The number of thiocarbonyl (C=S) groups is 1. The van der Waals surface area contributed by atoms with Gasteiger partial charge in [-0.2, -0.15) is 0 Å². The maximum absolute atomic E-state index is 10.6. The topological polar surface area (TPSA) is 71.6 Å². The fourth-order valence-electron chi connectivity index (χ4n) is 2.47. The van der Waals surface area contributed by atoms with Crippen molar-refractivity contribution in [3.05, 3.63) is 70.3 Å². The van der Waals surface area contributed by atoms with Crippen LogP contribution >= 0.6 is 12.2 Å². The lowest BCUT2D eigenvalue weighted by Gasteiger charge is -2.15. The van der Waals surface area contributed by atoms with Crippen LogP contribution in [0.25, 0.3) is 0 Å². The first-order valence-electron chi connectivity index (χ1n) is 8.19. The van der Waals surface area contributed by atoms with Gasteiger partial charge < -0.3 is 15.5 Å². The number of quaternary nitrogens is 1. The molecule has 0 heterocycles. The summed E-state index contributed by atoms with van der Waals surface area (Å²) < 4.78 is 0. The van der Waals surface area contributed by atoms with Gasteiger partial charge in [-0.25, -0.2) is 0 Å². The number of rotatable bonds is 8. The first kappa shape index (κ1) is 18.8. The van der Waals surface area contributed by atoms with Crippen molar-refractivity contribution in [1.82, 2.24) is 5.32 Å². The summed E-state index contributed by atoms with van der Waals surface area (Å²) in [5.74, 6) is 0. The van der Waals surface area contributed by atoms with Gasteiger partial charge in [0.25, 0.3) is 5.69 Å². The summed E-state index contributed by atoms with van der Waals surface area (Å²) in [5, 5.41) is 17.3. The van der Waals surface area contributed by atoms with E-state index in [-0.39, 0.29) is 5.69 Å². The van der Waals surface area contributed by atoms with E-state index in [0.717, 1.165) is 31.7 Å². The molecule has 0 bridgehead atoms. The molecule has 0 fully saturated rings. The molecular weight excluding hydrogens is 336 g/mol. The highest BCUT2D eigenvalue weighted by atomic mass is 32.1. The van der Waals surface area contributed by atoms with Gasteiger partial charge in [0.1, 0.15) is 6.54 Å². The summed E-state index contributed by atoms with van der Waals surface area (Å²) in [6, 6.07) is 16.6. The largest absolute Gasteiger partial charge is 0.362 e. The second kappa shape index (κ2) is 9.71. The highest BCUT2D eigenvalue weighted by Crippen LogP contribution is 2.15. The number of nitro groups is 1. The SMILES string of the molecule is C[NH+](CCCNC(=S)Nc1ccc([N+](=O)[O-])cc1)Cc1ccccc1. The zero-order chi connectivity index (χ0) is 18.1. The molecule has 0 aliphatic rings. The molecule has 0 spiro atoms. The molecule has 0 amide bonds. The van der Waals surface area contributed by atoms with Gasteiger partial charge in [-0.15, -0.1) is 0 Å². The summed E-state index contributed by atoms with van der Waals surface area (Å²) in [5.41, 5.74) is 2.13. The minimum Gasteiger partial charge on any atom is -0.362 e. The van der Waals surface area contributed by atoms with Gasteiger partial charge in [0, 0.05) is 36.3 Å². The summed E-state index contributed by atoms with van der Waals surface area (Å²) >= 11 is 5.24. The van der Waals surface area contributed by atoms with Crippen molar-refractivity contribution in [2.45, 2.75) is 13.0 Å². The minimum atomic E-state index is -0.422. The molecular formula is C18H23N4O2S+. The smallest absolute Gasteiger partial charge is 0.269 e. The maximum Gasteiger partial charge on any atom is 0.269 e. The molecule has 2 aromatic carbocycles. The van der Waals surface area contributed by atoms with E-state index in [1.165, 1.54) is 22.6 Å². The second-order valence-electron chi connectivity index (χ2n) is 5.91. The molecule has 2 rings (SSSR count). The fourth-order valence-corrected chi connectivity index (χ4v) is 2.69. The Labute approximate surface area is 153 Å². The van der Waals surface area contributed by atoms with Crippen molar-refractivity contribution in [1.29, 1.82) is 0 Å². The van der Waals surface area contributed by atoms with Crippen LogP contribution in [0.2, 0.25) is 0 Å². The highest BCUT2D eigenvalue weighted by Gasteiger charge is 2.06. The van der Waals surface area contributed by atoms with Gasteiger partial charge in [-0.3, -0.25) is 10.1 Å². The van der Waals surface area contributed by atoms with E-state index in [0.29, 0.717) is 5.11 Å². The normalized spacial score (nSPS) is 11.6. The van der Waals surface area contributed by atoms with Crippen molar-refractivity contribution in [2.75, 3.05) is 25.5 Å². The number of hydrogen-bond acceptors (Lipinski definition) is 3. The number of nitro benzene ring substituents is 1. The molecule has 0 radical (unpaired) electrons. The lowest BCUT2D eigenvalue weighted by Crippen LogP contribution is -3.07. The zero-order valence-electron chi connectivity index (χ0n) is 14.2. The third kappa shape index (κ3) is 6.86. The van der Waals surface area contributed by atoms with E-state index in [1.807, 2.05) is 6.07 Å². The number of nitrogens with one attached hydrogen (secondary N) is 3. The second-order valence-corrected chi connectivity index (χ2v) is 6.32. The van der Waals surface area contributed by atoms with Crippen LogP contribution in [0.4, 0.5) is 11.4 Å². The Kier molecular flexibility index (Phi) is 7.31. The van der Waals surface area contributed by atoms with Crippen LogP contribution in [0.3, 0.4) is 0 Å². The van der Waals surface area contributed by atoms with E-state index < -0.39 is 4.92 Å². The van der Waals surface area contributed by atoms with Crippen molar-refractivity contribution < 1.29 is 9.82 Å². The van der Waals surface area contributed by atoms with Crippen molar-refractivity contribution >= 4 is 28.7 Å². The lowest BCUT2D eigenvalue weighted by molar-refractivity contribution is -0.893. The molecule has 0 aromatic heterocycles. The van der Waals surface area contributed by atoms with Crippen LogP contribution in [0.1, 0.15) is 12.0 Å². The van der Waals surface area contributed by atoms with E-state index >= 15 is 0 Å². The Bertz CT molecular complexity index is 692. The monoisotopic (exact) mass is 359 g/mol. The van der Waals surface area contributed by atoms with Crippen molar-refractivity contribution in [2.24, 2.45) is 0 Å². The molecule has 132 valence electrons. The third-order valence-electron chi connectivity index (χ3n) is 3.75. The molecule has 1 atom stereocenters. The summed E-state index contributed by atoms with van der Waals surface area (Å²) in [6.07, 6.45) is 1.00. The van der Waals surface area contributed by atoms with Crippen LogP contribution in [0, 0.1) is 10.1 Å². The first-order valence-corrected chi connectivity index (χ1v) is 8.60. The van der Waals surface area contributed by atoms with Crippen LogP contribution < -0.4 is 15.5 Å². The molecule has 0 saturated carbocycles. The average Bonchev–Trinajstić information content (AvgIpc) is 2.60. The molecule has 6 nitrogen and oxygen atoms in total. The number of anilines is 1. The molecule has 0 aliphatic carbocycles. The number of nitrogens with zero attached hydrogens (tertiary/aromatic N) is 1. The summed E-state index contributed by atoms with van der Waals surface area (Å²) in [7, 11) is 2.18. The molecule has 2 aromatic rings. The number of non-ortho nitro benzene ring substituents is 1. The zero-order valence-corrected chi connectivity index (χ0v) is 15.0. The third-order valence-corrected chi connectivity index (χ3v) is 4.00. The lowest BCUT2D eigenvalue weighted by atomic mass is 10.2. The quantitative estimate of drug-likeness (QED) is 0.291. The number of hydrogen-bond donors (Lipinski definition) is 3. The summed E-state index contributed by atoms with van der Waals surface area (Å²) in [4.78, 5) is 11.6. The standard InChI is InChI=1S/C18H22N4O2S/c1-21(14-15-6-3-2-4-7-15)13-5-12-19-18(25)20-16-8-10-17(11-9-16)22(23)24/h2-4,6-11H,5,12-14H2,1H3,(H2,19,20,25)/p+1. The van der Waals surface area contributed by atoms with Crippen LogP contribution in [0.5, 0.6) is 0 Å². The van der Waals surface area contributed by atoms with E-state index in [4.69, 9.17) is 12.2 Å². The van der Waals surface area contributed by atoms with Gasteiger partial charge in [0.2, 0.25) is 0 Å². The predicted octanol–water partition coefficient (Wildman–Crippen LogP) is 1.99. The van der Waals surface area contributed by atoms with E-state index in [9.17, 15) is 10.1 Å². The molecule has 25 heavy (non-hydrogen) atoms. The van der Waals surface area contributed by atoms with Crippen LogP contribution in [0.15, 0.2) is 54.6 Å². The Hall–Kier alpha value is -2.51. The van der Waals surface area contributed by atoms with Gasteiger partial charge in [-0.1, -0.05) is 30.3 Å². The average molecular weight is 359 g/mol. The molecule has 7 heteroatoms. The maximum atomic E-state index is 10.6. The molecule has 0 saturated heterocycles. The van der Waals surface area contributed by atoms with Gasteiger partial charge in [-0.05, 0) is 24.4 Å². The number of benzene rings is 2. The van der Waals surface area contributed by atoms with Gasteiger partial charge >= 0.3 is 0 Å². The Morgan fingerprint density at radius 3 is 2.48 bits per heavy atom. The van der Waals surface area contributed by atoms with Gasteiger partial charge in [0.05, 0.1) is 18.5 Å². The molecule has 3 N–H and O–H groups in total. The highest BCUT2D eigenvalue weighted by molar-refractivity contribution is 7.80. The Morgan fingerprint density at radius 1 is 1.16 bits per heavy atom. The predicted molar refractivity (Wildman–Crippen MR) is 104 cm³/mol. The van der Waals surface area contributed by atoms with E-state index in [1.54, 1.807) is 12.1 Å². The first-order chi connectivity index (χ1) is 12.0. The molecule has 0 aliphatic heterocycles.